The number of aliphatic carboxylic acids is 1. The molecule has 0 unspecified atom stereocenters. The minimum atomic E-state index is -0.986. The normalized spacial score (nSPS) is 14.0. The van der Waals surface area contributed by atoms with E-state index in [4.69, 9.17) is 10.8 Å². The lowest BCUT2D eigenvalue weighted by Crippen LogP contribution is -2.36. The van der Waals surface area contributed by atoms with Crippen LogP contribution in [-0.2, 0) is 4.79 Å². The van der Waals surface area contributed by atoms with Gasteiger partial charge in [0.1, 0.15) is 0 Å². The molecule has 0 spiro atoms. The summed E-state index contributed by atoms with van der Waals surface area (Å²) in [6.45, 7) is 5.08. The highest BCUT2D eigenvalue weighted by Crippen LogP contribution is 2.31. The van der Waals surface area contributed by atoms with Crippen LogP contribution in [0.3, 0.4) is 0 Å². The Morgan fingerprint density at radius 2 is 2.29 bits per heavy atom. The SMILES string of the molecule is Cc1nc([C@@H](N)C(C)(C)C(=O)O)cs1. The van der Waals surface area contributed by atoms with Gasteiger partial charge in [-0.25, -0.2) is 4.98 Å². The monoisotopic (exact) mass is 214 g/mol. The van der Waals surface area contributed by atoms with Gasteiger partial charge >= 0.3 is 5.97 Å². The molecule has 1 rings (SSSR count). The molecule has 0 saturated carbocycles. The first kappa shape index (κ1) is 11.1. The third kappa shape index (κ3) is 1.93. The minimum Gasteiger partial charge on any atom is -0.481 e. The van der Waals surface area contributed by atoms with Crippen molar-refractivity contribution in [2.24, 2.45) is 11.1 Å². The van der Waals surface area contributed by atoms with Gasteiger partial charge in [0.05, 0.1) is 22.2 Å². The van der Waals surface area contributed by atoms with E-state index < -0.39 is 17.4 Å². The lowest BCUT2D eigenvalue weighted by Gasteiger charge is -2.25. The molecule has 0 aliphatic carbocycles. The number of aryl methyl sites for hydroxylation is 1. The molecule has 14 heavy (non-hydrogen) atoms. The van der Waals surface area contributed by atoms with E-state index in [1.165, 1.54) is 11.3 Å². The van der Waals surface area contributed by atoms with Crippen LogP contribution in [0.1, 0.15) is 30.6 Å². The Morgan fingerprint density at radius 3 is 2.64 bits per heavy atom. The Hall–Kier alpha value is -0.940. The first-order chi connectivity index (χ1) is 6.35. The Labute approximate surface area is 86.8 Å². The van der Waals surface area contributed by atoms with Crippen molar-refractivity contribution in [3.63, 3.8) is 0 Å². The molecule has 4 nitrogen and oxygen atoms in total. The van der Waals surface area contributed by atoms with Crippen LogP contribution >= 0.6 is 11.3 Å². The molecule has 1 aromatic heterocycles. The zero-order valence-corrected chi connectivity index (χ0v) is 9.26. The van der Waals surface area contributed by atoms with Crippen LogP contribution < -0.4 is 5.73 Å². The molecule has 1 heterocycles. The molecule has 0 fully saturated rings. The quantitative estimate of drug-likeness (QED) is 0.800. The zero-order chi connectivity index (χ0) is 10.9. The molecule has 1 atom stereocenters. The van der Waals surface area contributed by atoms with Gasteiger partial charge in [0.15, 0.2) is 0 Å². The first-order valence-corrected chi connectivity index (χ1v) is 5.14. The van der Waals surface area contributed by atoms with E-state index in [0.29, 0.717) is 5.69 Å². The van der Waals surface area contributed by atoms with Gasteiger partial charge in [0.25, 0.3) is 0 Å². The van der Waals surface area contributed by atoms with Crippen LogP contribution in [0.25, 0.3) is 0 Å². The number of carboxylic acids is 1. The van der Waals surface area contributed by atoms with E-state index in [-0.39, 0.29) is 0 Å². The lowest BCUT2D eigenvalue weighted by atomic mass is 9.83. The molecular formula is C9H14N2O2S. The summed E-state index contributed by atoms with van der Waals surface area (Å²) in [5.41, 5.74) is 5.52. The first-order valence-electron chi connectivity index (χ1n) is 4.26. The maximum absolute atomic E-state index is 10.9. The number of thiazole rings is 1. The smallest absolute Gasteiger partial charge is 0.311 e. The van der Waals surface area contributed by atoms with Crippen molar-refractivity contribution in [3.05, 3.63) is 16.1 Å². The second-order valence-electron chi connectivity index (χ2n) is 3.80. The predicted octanol–water partition coefficient (Wildman–Crippen LogP) is 1.56. The number of nitrogens with zero attached hydrogens (tertiary/aromatic N) is 1. The van der Waals surface area contributed by atoms with Gasteiger partial charge in [-0.2, -0.15) is 0 Å². The zero-order valence-electron chi connectivity index (χ0n) is 8.44. The maximum atomic E-state index is 10.9. The molecule has 0 saturated heterocycles. The van der Waals surface area contributed by atoms with Crippen molar-refractivity contribution in [2.75, 3.05) is 0 Å². The molecule has 78 valence electrons. The average Bonchev–Trinajstić information content (AvgIpc) is 2.50. The number of carbonyl (C=O) groups is 1. The number of rotatable bonds is 3. The second-order valence-corrected chi connectivity index (χ2v) is 4.86. The Balaban J connectivity index is 2.95. The number of hydrogen-bond donors (Lipinski definition) is 2. The molecule has 0 aliphatic rings. The fourth-order valence-electron chi connectivity index (χ4n) is 1.03. The van der Waals surface area contributed by atoms with Crippen molar-refractivity contribution < 1.29 is 9.90 Å². The molecule has 0 bridgehead atoms. The Morgan fingerprint density at radius 1 is 1.71 bits per heavy atom. The van der Waals surface area contributed by atoms with Gasteiger partial charge in [-0.05, 0) is 20.8 Å². The van der Waals surface area contributed by atoms with Crippen LogP contribution in [0, 0.1) is 12.3 Å². The summed E-state index contributed by atoms with van der Waals surface area (Å²) >= 11 is 1.48. The highest BCUT2D eigenvalue weighted by Gasteiger charge is 2.36. The topological polar surface area (TPSA) is 76.2 Å². The van der Waals surface area contributed by atoms with E-state index >= 15 is 0 Å². The standard InChI is InChI=1S/C9H14N2O2S/c1-5-11-6(4-14-5)7(10)9(2,3)8(12)13/h4,7H,10H2,1-3H3,(H,12,13)/t7-/m1/s1. The Kier molecular flexibility index (Phi) is 2.92. The van der Waals surface area contributed by atoms with Crippen molar-refractivity contribution in [2.45, 2.75) is 26.8 Å². The molecule has 3 N–H and O–H groups in total. The van der Waals surface area contributed by atoms with Crippen LogP contribution in [0.2, 0.25) is 0 Å². The summed E-state index contributed by atoms with van der Waals surface area (Å²) < 4.78 is 0. The van der Waals surface area contributed by atoms with Crippen LogP contribution in [0.5, 0.6) is 0 Å². The van der Waals surface area contributed by atoms with E-state index in [0.717, 1.165) is 5.01 Å². The fourth-order valence-corrected chi connectivity index (χ4v) is 1.67. The highest BCUT2D eigenvalue weighted by atomic mass is 32.1. The van der Waals surface area contributed by atoms with Gasteiger partial charge in [0, 0.05) is 5.38 Å². The van der Waals surface area contributed by atoms with Crippen molar-refractivity contribution in [1.82, 2.24) is 4.98 Å². The molecule has 0 aliphatic heterocycles. The van der Waals surface area contributed by atoms with Gasteiger partial charge < -0.3 is 10.8 Å². The average molecular weight is 214 g/mol. The third-order valence-electron chi connectivity index (χ3n) is 2.28. The second kappa shape index (κ2) is 3.67. The number of aromatic nitrogens is 1. The molecule has 1 aromatic rings. The van der Waals surface area contributed by atoms with Crippen molar-refractivity contribution >= 4 is 17.3 Å². The third-order valence-corrected chi connectivity index (χ3v) is 3.08. The number of hydrogen-bond acceptors (Lipinski definition) is 4. The van der Waals surface area contributed by atoms with Gasteiger partial charge in [-0.3, -0.25) is 4.79 Å². The molecular weight excluding hydrogens is 200 g/mol. The van der Waals surface area contributed by atoms with Crippen LogP contribution in [-0.4, -0.2) is 16.1 Å². The van der Waals surface area contributed by atoms with E-state index in [1.807, 2.05) is 12.3 Å². The molecule has 0 amide bonds. The summed E-state index contributed by atoms with van der Waals surface area (Å²) in [4.78, 5) is 15.1. The maximum Gasteiger partial charge on any atom is 0.311 e. The Bertz CT molecular complexity index is 346. The highest BCUT2D eigenvalue weighted by molar-refractivity contribution is 7.09. The van der Waals surface area contributed by atoms with Crippen LogP contribution in [0.4, 0.5) is 0 Å². The minimum absolute atomic E-state index is 0.565. The summed E-state index contributed by atoms with van der Waals surface area (Å²) in [7, 11) is 0. The predicted molar refractivity (Wildman–Crippen MR) is 55.2 cm³/mol. The number of nitrogens with two attached hydrogens (primary N) is 1. The summed E-state index contributed by atoms with van der Waals surface area (Å²) in [5.74, 6) is -0.907. The van der Waals surface area contributed by atoms with E-state index in [1.54, 1.807) is 13.8 Å². The largest absolute Gasteiger partial charge is 0.481 e. The summed E-state index contributed by atoms with van der Waals surface area (Å²) in [5, 5.41) is 11.7. The summed E-state index contributed by atoms with van der Waals surface area (Å²) in [6, 6.07) is -0.565. The van der Waals surface area contributed by atoms with E-state index in [2.05, 4.69) is 4.98 Å². The van der Waals surface area contributed by atoms with Crippen LogP contribution in [0.15, 0.2) is 5.38 Å². The van der Waals surface area contributed by atoms with Crippen molar-refractivity contribution in [3.8, 4) is 0 Å². The molecule has 0 aromatic carbocycles. The number of carboxylic acid groups (broad SMARTS) is 1. The van der Waals surface area contributed by atoms with Crippen molar-refractivity contribution in [1.29, 1.82) is 0 Å². The summed E-state index contributed by atoms with van der Waals surface area (Å²) in [6.07, 6.45) is 0. The van der Waals surface area contributed by atoms with E-state index in [9.17, 15) is 4.79 Å². The van der Waals surface area contributed by atoms with Gasteiger partial charge in [-0.15, -0.1) is 11.3 Å². The fraction of sp³-hybridized carbons (Fsp3) is 0.556. The molecule has 0 radical (unpaired) electrons. The van der Waals surface area contributed by atoms with Gasteiger partial charge in [-0.1, -0.05) is 0 Å². The van der Waals surface area contributed by atoms with Gasteiger partial charge in [0.2, 0.25) is 0 Å². The lowest BCUT2D eigenvalue weighted by molar-refractivity contribution is -0.148. The molecule has 5 heteroatoms.